The molecule has 0 radical (unpaired) electrons. The monoisotopic (exact) mass is 256 g/mol. The van der Waals surface area contributed by atoms with E-state index in [0.717, 1.165) is 33.4 Å². The number of rotatable bonds is 2. The van der Waals surface area contributed by atoms with Gasteiger partial charge >= 0.3 is 0 Å². The summed E-state index contributed by atoms with van der Waals surface area (Å²) in [5.41, 5.74) is 6.08. The summed E-state index contributed by atoms with van der Waals surface area (Å²) in [4.78, 5) is 0. The molecule has 0 heterocycles. The molecule has 0 saturated carbocycles. The largest absolute Gasteiger partial charge is 0.508 e. The topological polar surface area (TPSA) is 40.5 Å². The third-order valence-electron chi connectivity index (χ3n) is 3.96. The van der Waals surface area contributed by atoms with E-state index in [0.29, 0.717) is 17.9 Å². The first kappa shape index (κ1) is 13.5. The fourth-order valence-corrected chi connectivity index (χ4v) is 2.32. The molecule has 0 bridgehead atoms. The van der Waals surface area contributed by atoms with Gasteiger partial charge in [0.2, 0.25) is 0 Å². The molecule has 2 heteroatoms. The van der Waals surface area contributed by atoms with E-state index < -0.39 is 0 Å². The van der Waals surface area contributed by atoms with Gasteiger partial charge in [-0.3, -0.25) is 0 Å². The first-order valence-corrected chi connectivity index (χ1v) is 6.48. The number of benzene rings is 2. The van der Waals surface area contributed by atoms with Crippen molar-refractivity contribution >= 4 is 0 Å². The van der Waals surface area contributed by atoms with Crippen molar-refractivity contribution in [3.05, 3.63) is 57.6 Å². The van der Waals surface area contributed by atoms with Crippen molar-refractivity contribution in [2.45, 2.75) is 34.1 Å². The van der Waals surface area contributed by atoms with Crippen LogP contribution in [0, 0.1) is 27.7 Å². The van der Waals surface area contributed by atoms with Crippen LogP contribution in [0.2, 0.25) is 0 Å². The van der Waals surface area contributed by atoms with E-state index in [1.807, 2.05) is 45.9 Å². The second-order valence-corrected chi connectivity index (χ2v) is 5.20. The number of aromatic hydroxyl groups is 2. The minimum atomic E-state index is 0.325. The number of phenolic OH excluding ortho intramolecular Hbond substituents is 2. The molecule has 2 aromatic carbocycles. The van der Waals surface area contributed by atoms with Crippen molar-refractivity contribution in [1.82, 2.24) is 0 Å². The van der Waals surface area contributed by atoms with E-state index in [1.54, 1.807) is 6.07 Å². The minimum Gasteiger partial charge on any atom is -0.508 e. The molecular formula is C17H20O2. The average molecular weight is 256 g/mol. The predicted octanol–water partition coefficient (Wildman–Crippen LogP) is 3.92. The van der Waals surface area contributed by atoms with Crippen LogP contribution in [0.4, 0.5) is 0 Å². The van der Waals surface area contributed by atoms with Crippen LogP contribution in [-0.2, 0) is 6.42 Å². The SMILES string of the molecule is Cc1ccc(C)c(Cc2ccc(O)c(C)c2C)c1O. The molecule has 2 N–H and O–H groups in total. The lowest BCUT2D eigenvalue weighted by Gasteiger charge is -2.14. The van der Waals surface area contributed by atoms with E-state index in [9.17, 15) is 10.2 Å². The Morgan fingerprint density at radius 2 is 1.42 bits per heavy atom. The Morgan fingerprint density at radius 1 is 0.789 bits per heavy atom. The van der Waals surface area contributed by atoms with Crippen molar-refractivity contribution in [2.75, 3.05) is 0 Å². The maximum atomic E-state index is 10.2. The highest BCUT2D eigenvalue weighted by atomic mass is 16.3. The van der Waals surface area contributed by atoms with Crippen LogP contribution in [0.25, 0.3) is 0 Å². The first-order chi connectivity index (χ1) is 8.91. The van der Waals surface area contributed by atoms with E-state index in [4.69, 9.17) is 0 Å². The Balaban J connectivity index is 2.48. The molecule has 2 nitrogen and oxygen atoms in total. The van der Waals surface area contributed by atoms with E-state index in [2.05, 4.69) is 0 Å². The zero-order chi connectivity index (χ0) is 14.2. The quantitative estimate of drug-likeness (QED) is 0.855. The molecule has 0 fully saturated rings. The van der Waals surface area contributed by atoms with Gasteiger partial charge in [-0.15, -0.1) is 0 Å². The summed E-state index contributed by atoms with van der Waals surface area (Å²) >= 11 is 0. The van der Waals surface area contributed by atoms with Gasteiger partial charge in [0.15, 0.2) is 0 Å². The van der Waals surface area contributed by atoms with E-state index >= 15 is 0 Å². The molecule has 19 heavy (non-hydrogen) atoms. The molecular weight excluding hydrogens is 236 g/mol. The zero-order valence-corrected chi connectivity index (χ0v) is 11.9. The summed E-state index contributed by atoms with van der Waals surface area (Å²) in [5.74, 6) is 0.705. The average Bonchev–Trinajstić information content (AvgIpc) is 2.39. The molecule has 0 aliphatic heterocycles. The number of hydrogen-bond donors (Lipinski definition) is 2. The van der Waals surface area contributed by atoms with Gasteiger partial charge in [-0.2, -0.15) is 0 Å². The van der Waals surface area contributed by atoms with Crippen LogP contribution in [0.5, 0.6) is 11.5 Å². The van der Waals surface area contributed by atoms with Crippen molar-refractivity contribution in [1.29, 1.82) is 0 Å². The molecule has 0 amide bonds. The van der Waals surface area contributed by atoms with Crippen LogP contribution >= 0.6 is 0 Å². The summed E-state index contributed by atoms with van der Waals surface area (Å²) in [6, 6.07) is 7.62. The molecule has 0 atom stereocenters. The summed E-state index contributed by atoms with van der Waals surface area (Å²) in [6.45, 7) is 7.84. The summed E-state index contributed by atoms with van der Waals surface area (Å²) in [7, 11) is 0. The lowest BCUT2D eigenvalue weighted by atomic mass is 9.93. The highest BCUT2D eigenvalue weighted by Crippen LogP contribution is 2.30. The Morgan fingerprint density at radius 3 is 2.11 bits per heavy atom. The maximum absolute atomic E-state index is 10.2. The lowest BCUT2D eigenvalue weighted by molar-refractivity contribution is 0.464. The second kappa shape index (κ2) is 4.96. The predicted molar refractivity (Wildman–Crippen MR) is 78.0 cm³/mol. The smallest absolute Gasteiger partial charge is 0.122 e. The normalized spacial score (nSPS) is 10.7. The van der Waals surface area contributed by atoms with Gasteiger partial charge in [0.1, 0.15) is 11.5 Å². The lowest BCUT2D eigenvalue weighted by Crippen LogP contribution is -1.98. The van der Waals surface area contributed by atoms with Gasteiger partial charge in [0, 0.05) is 12.0 Å². The van der Waals surface area contributed by atoms with Gasteiger partial charge in [-0.1, -0.05) is 18.2 Å². The Labute approximate surface area is 114 Å². The van der Waals surface area contributed by atoms with Crippen LogP contribution in [0.1, 0.15) is 33.4 Å². The fourth-order valence-electron chi connectivity index (χ4n) is 2.32. The molecule has 100 valence electrons. The fraction of sp³-hybridized carbons (Fsp3) is 0.294. The van der Waals surface area contributed by atoms with Crippen molar-refractivity contribution < 1.29 is 10.2 Å². The Bertz CT molecular complexity index is 628. The molecule has 0 spiro atoms. The van der Waals surface area contributed by atoms with Gasteiger partial charge in [-0.25, -0.2) is 0 Å². The molecule has 0 aliphatic rings. The first-order valence-electron chi connectivity index (χ1n) is 6.48. The molecule has 2 aromatic rings. The van der Waals surface area contributed by atoms with E-state index in [1.165, 1.54) is 0 Å². The third-order valence-corrected chi connectivity index (χ3v) is 3.96. The van der Waals surface area contributed by atoms with Crippen LogP contribution in [0.15, 0.2) is 24.3 Å². The van der Waals surface area contributed by atoms with Gasteiger partial charge in [0.05, 0.1) is 0 Å². The standard InChI is InChI=1S/C17H20O2/c1-10-5-6-11(2)17(19)15(10)9-14-7-8-16(18)13(4)12(14)3/h5-8,18-19H,9H2,1-4H3. The van der Waals surface area contributed by atoms with Gasteiger partial charge in [0.25, 0.3) is 0 Å². The van der Waals surface area contributed by atoms with Gasteiger partial charge < -0.3 is 10.2 Å². The molecule has 0 saturated heterocycles. The van der Waals surface area contributed by atoms with Gasteiger partial charge in [-0.05, 0) is 61.6 Å². The van der Waals surface area contributed by atoms with Crippen molar-refractivity contribution in [3.63, 3.8) is 0 Å². The zero-order valence-electron chi connectivity index (χ0n) is 11.9. The number of hydrogen-bond acceptors (Lipinski definition) is 2. The third kappa shape index (κ3) is 2.43. The van der Waals surface area contributed by atoms with Crippen molar-refractivity contribution in [3.8, 4) is 11.5 Å². The molecule has 0 aromatic heterocycles. The minimum absolute atomic E-state index is 0.325. The van der Waals surface area contributed by atoms with E-state index in [-0.39, 0.29) is 0 Å². The van der Waals surface area contributed by atoms with Crippen molar-refractivity contribution in [2.24, 2.45) is 0 Å². The summed E-state index contributed by atoms with van der Waals surface area (Å²) < 4.78 is 0. The molecule has 2 rings (SSSR count). The molecule has 0 aliphatic carbocycles. The Kier molecular flexibility index (Phi) is 3.52. The van der Waals surface area contributed by atoms with Crippen LogP contribution < -0.4 is 0 Å². The number of aryl methyl sites for hydroxylation is 2. The number of phenols is 2. The summed E-state index contributed by atoms with van der Waals surface area (Å²) in [6.07, 6.45) is 0.687. The highest BCUT2D eigenvalue weighted by molar-refractivity contribution is 5.50. The highest BCUT2D eigenvalue weighted by Gasteiger charge is 2.12. The Hall–Kier alpha value is -1.96. The van der Waals surface area contributed by atoms with Crippen LogP contribution in [-0.4, -0.2) is 10.2 Å². The summed E-state index contributed by atoms with van der Waals surface area (Å²) in [5, 5.41) is 19.9. The molecule has 0 unspecified atom stereocenters. The second-order valence-electron chi connectivity index (χ2n) is 5.20. The van der Waals surface area contributed by atoms with Crippen LogP contribution in [0.3, 0.4) is 0 Å². The maximum Gasteiger partial charge on any atom is 0.122 e.